The van der Waals surface area contributed by atoms with Crippen molar-refractivity contribution in [1.29, 1.82) is 5.26 Å². The van der Waals surface area contributed by atoms with E-state index in [2.05, 4.69) is 31.7 Å². The zero-order valence-electron chi connectivity index (χ0n) is 19.6. The van der Waals surface area contributed by atoms with Gasteiger partial charge < -0.3 is 4.90 Å². The summed E-state index contributed by atoms with van der Waals surface area (Å²) >= 11 is 6.80. The van der Waals surface area contributed by atoms with Crippen LogP contribution in [0.1, 0.15) is 63.6 Å². The number of aromatic nitrogens is 1. The number of piperidine rings is 1. The number of thioether (sulfide) groups is 1. The summed E-state index contributed by atoms with van der Waals surface area (Å²) in [6.07, 6.45) is 4.83. The lowest BCUT2D eigenvalue weighted by Crippen LogP contribution is -2.39. The van der Waals surface area contributed by atoms with E-state index in [1.54, 1.807) is 16.4 Å². The van der Waals surface area contributed by atoms with Crippen molar-refractivity contribution in [2.75, 3.05) is 24.5 Å². The van der Waals surface area contributed by atoms with E-state index >= 15 is 0 Å². The first-order valence-corrected chi connectivity index (χ1v) is 12.6. The van der Waals surface area contributed by atoms with E-state index in [1.165, 1.54) is 11.8 Å². The number of rotatable bonds is 6. The Balaban J connectivity index is 2.13. The van der Waals surface area contributed by atoms with E-state index in [9.17, 15) is 14.9 Å². The topological polar surface area (TPSA) is 69.3 Å². The van der Waals surface area contributed by atoms with Gasteiger partial charge in [0.2, 0.25) is 0 Å². The van der Waals surface area contributed by atoms with Crippen molar-refractivity contribution in [2.24, 2.45) is 11.8 Å². The highest BCUT2D eigenvalue weighted by molar-refractivity contribution is 8.26. The quantitative estimate of drug-likeness (QED) is 0.447. The summed E-state index contributed by atoms with van der Waals surface area (Å²) in [5.74, 6) is 1.85. The summed E-state index contributed by atoms with van der Waals surface area (Å²) in [6.45, 7) is 13.0. The van der Waals surface area contributed by atoms with Crippen molar-refractivity contribution in [2.45, 2.75) is 60.4 Å². The first kappa shape index (κ1) is 24.5. The van der Waals surface area contributed by atoms with Crippen LogP contribution in [-0.2, 0) is 11.3 Å². The van der Waals surface area contributed by atoms with E-state index in [4.69, 9.17) is 12.2 Å². The molecular weight excluding hydrogens is 440 g/mol. The van der Waals surface area contributed by atoms with Gasteiger partial charge in [0.05, 0.1) is 4.91 Å². The van der Waals surface area contributed by atoms with Crippen LogP contribution in [0.2, 0.25) is 0 Å². The van der Waals surface area contributed by atoms with Crippen LogP contribution in [0.4, 0.5) is 5.82 Å². The molecule has 0 spiro atoms. The monoisotopic (exact) mass is 472 g/mol. The minimum Gasteiger partial charge on any atom is -0.357 e. The number of nitrogens with zero attached hydrogens (tertiary/aromatic N) is 4. The fourth-order valence-corrected chi connectivity index (χ4v) is 5.50. The zero-order valence-corrected chi connectivity index (χ0v) is 21.2. The third-order valence-corrected chi connectivity index (χ3v) is 7.70. The van der Waals surface area contributed by atoms with Gasteiger partial charge in [0.25, 0.3) is 11.5 Å². The molecule has 6 nitrogen and oxygen atoms in total. The standard InChI is InChI=1S/C24H32N4O2S2/c1-6-27-21(26-10-8-16(4)9-11-26)18(17(5)19(14-25)22(27)29)13-20-23(30)28(24(31)32-20)12-7-15(2)3/h13,15-16H,6-12H2,1-5H3/b20-13-. The second-order valence-electron chi connectivity index (χ2n) is 9.08. The summed E-state index contributed by atoms with van der Waals surface area (Å²) in [4.78, 5) is 30.7. The van der Waals surface area contributed by atoms with Gasteiger partial charge in [-0.2, -0.15) is 5.26 Å². The van der Waals surface area contributed by atoms with E-state index in [-0.39, 0.29) is 17.0 Å². The molecule has 3 heterocycles. The third kappa shape index (κ3) is 4.79. The minimum absolute atomic E-state index is 0.0916. The Bertz CT molecular complexity index is 1040. The number of carbonyl (C=O) groups excluding carboxylic acids is 1. The Kier molecular flexibility index (Phi) is 7.84. The molecule has 1 amide bonds. The number of thiocarbonyl (C=S) groups is 1. The Labute approximate surface area is 200 Å². The van der Waals surface area contributed by atoms with Crippen LogP contribution in [0.25, 0.3) is 6.08 Å². The molecule has 2 aliphatic heterocycles. The molecule has 0 atom stereocenters. The average Bonchev–Trinajstić information content (AvgIpc) is 3.01. The molecule has 0 saturated carbocycles. The van der Waals surface area contributed by atoms with Crippen LogP contribution in [0.15, 0.2) is 9.70 Å². The van der Waals surface area contributed by atoms with Gasteiger partial charge in [0, 0.05) is 31.7 Å². The predicted molar refractivity (Wildman–Crippen MR) is 136 cm³/mol. The predicted octanol–water partition coefficient (Wildman–Crippen LogP) is 4.53. The summed E-state index contributed by atoms with van der Waals surface area (Å²) in [5, 5.41) is 9.70. The summed E-state index contributed by atoms with van der Waals surface area (Å²) in [6, 6.07) is 2.09. The molecule has 32 heavy (non-hydrogen) atoms. The Morgan fingerprint density at radius 2 is 1.94 bits per heavy atom. The third-order valence-electron chi connectivity index (χ3n) is 6.32. The largest absolute Gasteiger partial charge is 0.357 e. The molecule has 3 rings (SSSR count). The van der Waals surface area contributed by atoms with Gasteiger partial charge in [-0.05, 0) is 56.6 Å². The summed E-state index contributed by atoms with van der Waals surface area (Å²) in [7, 11) is 0. The number of anilines is 1. The fraction of sp³-hybridized carbons (Fsp3) is 0.583. The second kappa shape index (κ2) is 10.2. The maximum atomic E-state index is 13.2. The van der Waals surface area contributed by atoms with Gasteiger partial charge >= 0.3 is 0 Å². The SMILES string of the molecule is CCn1c(N2CCC(C)CC2)c(/C=C2\SC(=S)N(CCC(C)C)C2=O)c(C)c(C#N)c1=O. The van der Waals surface area contributed by atoms with Crippen LogP contribution in [0, 0.1) is 30.1 Å². The summed E-state index contributed by atoms with van der Waals surface area (Å²) < 4.78 is 2.25. The van der Waals surface area contributed by atoms with Gasteiger partial charge in [-0.3, -0.25) is 19.1 Å². The van der Waals surface area contributed by atoms with Crippen LogP contribution < -0.4 is 10.5 Å². The molecular formula is C24H32N4O2S2. The Morgan fingerprint density at radius 3 is 2.50 bits per heavy atom. The molecule has 1 aromatic rings. The second-order valence-corrected chi connectivity index (χ2v) is 10.8. The van der Waals surface area contributed by atoms with Crippen molar-refractivity contribution in [3.05, 3.63) is 31.9 Å². The van der Waals surface area contributed by atoms with Crippen molar-refractivity contribution < 1.29 is 4.79 Å². The van der Waals surface area contributed by atoms with E-state index in [0.717, 1.165) is 43.7 Å². The smallest absolute Gasteiger partial charge is 0.270 e. The molecule has 0 bridgehead atoms. The first-order valence-electron chi connectivity index (χ1n) is 11.4. The number of carbonyl (C=O) groups is 1. The van der Waals surface area contributed by atoms with Crippen LogP contribution >= 0.6 is 24.0 Å². The Hall–Kier alpha value is -2.11. The number of pyridine rings is 1. The maximum absolute atomic E-state index is 13.2. The average molecular weight is 473 g/mol. The van der Waals surface area contributed by atoms with Crippen molar-refractivity contribution in [3.63, 3.8) is 0 Å². The number of amides is 1. The van der Waals surface area contributed by atoms with Gasteiger partial charge in [-0.15, -0.1) is 0 Å². The lowest BCUT2D eigenvalue weighted by molar-refractivity contribution is -0.122. The van der Waals surface area contributed by atoms with Gasteiger partial charge in [0.1, 0.15) is 21.8 Å². The molecule has 2 saturated heterocycles. The van der Waals surface area contributed by atoms with Gasteiger partial charge in [0.15, 0.2) is 0 Å². The fourth-order valence-electron chi connectivity index (χ4n) is 4.21. The molecule has 0 aromatic carbocycles. The van der Waals surface area contributed by atoms with Crippen molar-refractivity contribution in [3.8, 4) is 6.07 Å². The first-order chi connectivity index (χ1) is 15.2. The highest BCUT2D eigenvalue weighted by Gasteiger charge is 2.33. The van der Waals surface area contributed by atoms with E-state index < -0.39 is 0 Å². The lowest BCUT2D eigenvalue weighted by Gasteiger charge is -2.35. The molecule has 2 fully saturated rings. The molecule has 1 aromatic heterocycles. The summed E-state index contributed by atoms with van der Waals surface area (Å²) in [5.41, 5.74) is 1.29. The highest BCUT2D eigenvalue weighted by atomic mass is 32.2. The van der Waals surface area contributed by atoms with Crippen molar-refractivity contribution >= 4 is 46.1 Å². The van der Waals surface area contributed by atoms with Crippen LogP contribution in [-0.4, -0.2) is 39.3 Å². The molecule has 172 valence electrons. The van der Waals surface area contributed by atoms with Crippen LogP contribution in [0.3, 0.4) is 0 Å². The molecule has 0 N–H and O–H groups in total. The molecule has 0 radical (unpaired) electrons. The van der Waals surface area contributed by atoms with E-state index in [0.29, 0.717) is 39.7 Å². The maximum Gasteiger partial charge on any atom is 0.270 e. The zero-order chi connectivity index (χ0) is 23.6. The number of hydrogen-bond acceptors (Lipinski definition) is 6. The highest BCUT2D eigenvalue weighted by Crippen LogP contribution is 2.36. The molecule has 8 heteroatoms. The Morgan fingerprint density at radius 1 is 1.28 bits per heavy atom. The molecule has 0 unspecified atom stereocenters. The van der Waals surface area contributed by atoms with Crippen molar-refractivity contribution in [1.82, 2.24) is 9.47 Å². The molecule has 2 aliphatic rings. The minimum atomic E-state index is -0.261. The number of nitriles is 1. The lowest BCUT2D eigenvalue weighted by atomic mass is 9.97. The van der Waals surface area contributed by atoms with E-state index in [1.807, 2.05) is 13.0 Å². The number of hydrogen-bond donors (Lipinski definition) is 0. The van der Waals surface area contributed by atoms with Crippen LogP contribution in [0.5, 0.6) is 0 Å². The van der Waals surface area contributed by atoms with Gasteiger partial charge in [-0.1, -0.05) is 44.8 Å². The van der Waals surface area contributed by atoms with Gasteiger partial charge in [-0.25, -0.2) is 0 Å². The normalized spacial score (nSPS) is 18.8. The molecule has 0 aliphatic carbocycles.